The van der Waals surface area contributed by atoms with Crippen LogP contribution in [0.25, 0.3) is 11.1 Å². The van der Waals surface area contributed by atoms with Gasteiger partial charge < -0.3 is 0 Å². The fourth-order valence-corrected chi connectivity index (χ4v) is 3.56. The van der Waals surface area contributed by atoms with Crippen LogP contribution in [0.2, 0.25) is 0 Å². The first-order valence-corrected chi connectivity index (χ1v) is 6.75. The van der Waals surface area contributed by atoms with Gasteiger partial charge in [0.1, 0.15) is 0 Å². The Morgan fingerprint density at radius 3 is 2.58 bits per heavy atom. The Labute approximate surface area is 142 Å². The van der Waals surface area contributed by atoms with E-state index >= 15 is 0 Å². The van der Waals surface area contributed by atoms with Crippen LogP contribution in [-0.2, 0) is 12.8 Å². The van der Waals surface area contributed by atoms with Gasteiger partial charge in [0, 0.05) is 48.2 Å². The minimum absolute atomic E-state index is 0. The monoisotopic (exact) mass is 374 g/mol. The van der Waals surface area contributed by atoms with Gasteiger partial charge in [-0.1, -0.05) is 42.5 Å². The number of hydrogen-bond acceptors (Lipinski definition) is 1. The molecule has 0 saturated carbocycles. The van der Waals surface area contributed by atoms with Crippen molar-refractivity contribution in [2.45, 2.75) is 18.9 Å². The van der Waals surface area contributed by atoms with Crippen LogP contribution in [0.1, 0.15) is 22.7 Å². The Hall–Kier alpha value is -0.405. The van der Waals surface area contributed by atoms with Gasteiger partial charge in [0.2, 0.25) is 0 Å². The van der Waals surface area contributed by atoms with Crippen LogP contribution in [0.5, 0.6) is 0 Å². The van der Waals surface area contributed by atoms with E-state index in [1.165, 1.54) is 29.7 Å². The van der Waals surface area contributed by atoms with Gasteiger partial charge in [-0.25, -0.2) is 0 Å². The molecule has 1 aliphatic heterocycles. The van der Waals surface area contributed by atoms with Crippen molar-refractivity contribution >= 4 is 0 Å². The van der Waals surface area contributed by atoms with E-state index in [2.05, 4.69) is 54.4 Å². The summed E-state index contributed by atoms with van der Waals surface area (Å²) >= 11 is 0. The van der Waals surface area contributed by atoms with Crippen LogP contribution in [0.15, 0.2) is 42.5 Å². The average molecular weight is 374 g/mol. The molecule has 0 fully saturated rings. The maximum Gasteiger partial charge on any atom is 0.0394 e. The van der Waals surface area contributed by atoms with Gasteiger partial charge in [-0.05, 0) is 47.7 Å². The van der Waals surface area contributed by atoms with Crippen LogP contribution in [0.3, 0.4) is 0 Å². The molecule has 1 unspecified atom stereocenters. The van der Waals surface area contributed by atoms with Crippen LogP contribution in [0.4, 0.5) is 0 Å². The molecule has 0 amide bonds. The molecule has 2 aliphatic rings. The van der Waals surface area contributed by atoms with E-state index in [9.17, 15) is 0 Å². The van der Waals surface area contributed by atoms with E-state index < -0.39 is 0 Å². The van der Waals surface area contributed by atoms with Crippen molar-refractivity contribution in [1.82, 2.24) is 4.90 Å². The Bertz CT molecular complexity index is 620. The number of likely N-dealkylation sites (N-methyl/N-ethyl adjacent to an activating group) is 1. The summed E-state index contributed by atoms with van der Waals surface area (Å²) in [6.45, 7) is 1.18. The molecule has 1 aliphatic carbocycles. The normalized spacial score (nSPS) is 20.2. The summed E-state index contributed by atoms with van der Waals surface area (Å²) in [6.07, 6.45) is 2.36. The quantitative estimate of drug-likeness (QED) is 0.683. The van der Waals surface area contributed by atoms with Gasteiger partial charge in [0.05, 0.1) is 0 Å². The summed E-state index contributed by atoms with van der Waals surface area (Å²) in [6, 6.07) is 16.3. The molecule has 2 heteroatoms. The van der Waals surface area contributed by atoms with E-state index in [0.717, 1.165) is 6.42 Å². The topological polar surface area (TPSA) is 3.24 Å². The summed E-state index contributed by atoms with van der Waals surface area (Å²) in [4.78, 5) is 2.52. The molecule has 0 bridgehead atoms. The molecule has 0 aromatic heterocycles. The third-order valence-electron chi connectivity index (χ3n) is 4.52. The van der Waals surface area contributed by atoms with Gasteiger partial charge >= 0.3 is 0 Å². The fourth-order valence-electron chi connectivity index (χ4n) is 3.56. The van der Waals surface area contributed by atoms with Crippen molar-refractivity contribution in [2.24, 2.45) is 0 Å². The van der Waals surface area contributed by atoms with Crippen molar-refractivity contribution in [1.29, 1.82) is 0 Å². The molecule has 0 spiro atoms. The Morgan fingerprint density at radius 1 is 0.947 bits per heavy atom. The minimum Gasteiger partial charge on any atom is -0.299 e. The van der Waals surface area contributed by atoms with Crippen LogP contribution in [0, 0.1) is 35.6 Å². The number of hydrogen-bond donors (Lipinski definition) is 0. The number of benzene rings is 2. The minimum atomic E-state index is 0. The Balaban J connectivity index is 0.00000110. The molecule has 1 heterocycles. The van der Waals surface area contributed by atoms with Gasteiger partial charge in [0.25, 0.3) is 0 Å². The van der Waals surface area contributed by atoms with E-state index in [-0.39, 0.29) is 35.6 Å². The zero-order valence-electron chi connectivity index (χ0n) is 11.3. The van der Waals surface area contributed by atoms with Crippen molar-refractivity contribution in [3.8, 4) is 11.1 Å². The predicted octanol–water partition coefficient (Wildman–Crippen LogP) is 3.44. The van der Waals surface area contributed by atoms with Crippen LogP contribution in [-0.4, -0.2) is 18.5 Å². The van der Waals surface area contributed by atoms with Crippen molar-refractivity contribution in [3.63, 3.8) is 0 Å². The third kappa shape index (κ3) is 2.06. The second kappa shape index (κ2) is 5.18. The van der Waals surface area contributed by atoms with Crippen molar-refractivity contribution < 1.29 is 35.6 Å². The van der Waals surface area contributed by atoms with E-state index in [1.54, 1.807) is 11.1 Å². The van der Waals surface area contributed by atoms with Gasteiger partial charge in [-0.2, -0.15) is 0 Å². The summed E-state index contributed by atoms with van der Waals surface area (Å²) in [5, 5.41) is 0. The first-order chi connectivity index (χ1) is 8.84. The van der Waals surface area contributed by atoms with Crippen LogP contribution >= 0.6 is 0 Å². The summed E-state index contributed by atoms with van der Waals surface area (Å²) in [7, 11) is 2.26. The molecule has 1 atom stereocenters. The standard InChI is InChI=1S/C17H17N.La/c1-18-10-9-12-6-4-8-15-14-7-3-2-5-13(14)11-16(18)17(12)15;/h2-8,16H,9-11H2,1H3;. The maximum absolute atomic E-state index is 2.52. The van der Waals surface area contributed by atoms with Crippen molar-refractivity contribution in [2.75, 3.05) is 13.6 Å². The van der Waals surface area contributed by atoms with Gasteiger partial charge in [-0.3, -0.25) is 4.90 Å². The summed E-state index contributed by atoms with van der Waals surface area (Å²) in [5.41, 5.74) is 7.56. The zero-order valence-corrected chi connectivity index (χ0v) is 14.9. The average Bonchev–Trinajstić information content (AvgIpc) is 2.43. The Kier molecular flexibility index (Phi) is 3.70. The molecule has 93 valence electrons. The molecular weight excluding hydrogens is 357 g/mol. The maximum atomic E-state index is 2.52. The predicted molar refractivity (Wildman–Crippen MR) is 74.7 cm³/mol. The molecule has 2 aromatic carbocycles. The van der Waals surface area contributed by atoms with E-state index in [0.29, 0.717) is 6.04 Å². The molecule has 0 N–H and O–H groups in total. The third-order valence-corrected chi connectivity index (χ3v) is 4.52. The number of fused-ring (bicyclic) bond motifs is 2. The van der Waals surface area contributed by atoms with Gasteiger partial charge in [0.15, 0.2) is 0 Å². The molecular formula is C17H17LaN. The second-order valence-corrected chi connectivity index (χ2v) is 5.49. The number of nitrogens with zero attached hydrogens (tertiary/aromatic N) is 1. The summed E-state index contributed by atoms with van der Waals surface area (Å²) in [5.74, 6) is 0. The Morgan fingerprint density at radius 2 is 1.68 bits per heavy atom. The SMILES string of the molecule is CN1CCc2cccc3c2C1Cc1ccccc1-3.[La]. The molecule has 19 heavy (non-hydrogen) atoms. The zero-order chi connectivity index (χ0) is 12.1. The molecule has 0 saturated heterocycles. The molecule has 1 radical (unpaired) electrons. The van der Waals surface area contributed by atoms with Crippen LogP contribution < -0.4 is 0 Å². The largest absolute Gasteiger partial charge is 0.299 e. The van der Waals surface area contributed by atoms with E-state index in [4.69, 9.17) is 0 Å². The number of rotatable bonds is 0. The molecule has 4 rings (SSSR count). The summed E-state index contributed by atoms with van der Waals surface area (Å²) < 4.78 is 0. The molecule has 1 nitrogen and oxygen atoms in total. The van der Waals surface area contributed by atoms with Crippen molar-refractivity contribution in [3.05, 3.63) is 59.2 Å². The molecule has 2 aromatic rings. The van der Waals surface area contributed by atoms with E-state index in [1.807, 2.05) is 0 Å². The first kappa shape index (κ1) is 13.6. The smallest absolute Gasteiger partial charge is 0.0394 e. The first-order valence-electron chi connectivity index (χ1n) is 6.75. The fraction of sp³-hybridized carbons (Fsp3) is 0.294. The van der Waals surface area contributed by atoms with Gasteiger partial charge in [-0.15, -0.1) is 0 Å². The second-order valence-electron chi connectivity index (χ2n) is 5.49.